The van der Waals surface area contributed by atoms with Gasteiger partial charge in [0.15, 0.2) is 0 Å². The summed E-state index contributed by atoms with van der Waals surface area (Å²) in [7, 11) is 0. The molecule has 0 aliphatic rings. The maximum Gasteiger partial charge on any atom is 0.142 e. The summed E-state index contributed by atoms with van der Waals surface area (Å²) < 4.78 is 15.4. The molecule has 0 spiro atoms. The van der Waals surface area contributed by atoms with E-state index in [4.69, 9.17) is 11.6 Å². The van der Waals surface area contributed by atoms with E-state index in [-0.39, 0.29) is 5.02 Å². The van der Waals surface area contributed by atoms with Crippen molar-refractivity contribution in [3.05, 3.63) is 51.6 Å². The van der Waals surface area contributed by atoms with Crippen molar-refractivity contribution in [2.24, 2.45) is 0 Å². The van der Waals surface area contributed by atoms with Gasteiger partial charge < -0.3 is 5.32 Å². The molecule has 0 atom stereocenters. The molecule has 0 aliphatic heterocycles. The summed E-state index contributed by atoms with van der Waals surface area (Å²) >= 11 is 5.71. The highest BCUT2D eigenvalue weighted by atomic mass is 35.5. The number of hydrogen-bond donors (Lipinski definition) is 1. The van der Waals surface area contributed by atoms with E-state index in [1.807, 2.05) is 24.6 Å². The van der Waals surface area contributed by atoms with E-state index in [1.165, 1.54) is 11.6 Å². The second kappa shape index (κ2) is 6.58. The Labute approximate surface area is 130 Å². The highest BCUT2D eigenvalue weighted by Crippen LogP contribution is 2.18. The van der Waals surface area contributed by atoms with Crippen LogP contribution in [0.3, 0.4) is 0 Å². The molecule has 2 aromatic rings. The topological polar surface area (TPSA) is 29.9 Å². The van der Waals surface area contributed by atoms with Gasteiger partial charge in [0.05, 0.1) is 17.3 Å². The molecule has 3 nitrogen and oxygen atoms in total. The molecule has 5 heteroatoms. The van der Waals surface area contributed by atoms with Crippen LogP contribution in [0.1, 0.15) is 36.4 Å². The number of halogens is 2. The van der Waals surface area contributed by atoms with Crippen molar-refractivity contribution in [2.45, 2.75) is 46.8 Å². The number of nitrogens with one attached hydrogen (secondary N) is 1. The first-order valence-electron chi connectivity index (χ1n) is 7.08. The standard InChI is InChI=1S/C16H21ClFN3/c1-10(2)19-8-14-11(3)20-21(12(14)4)9-13-5-6-15(17)16(18)7-13/h5-7,10,19H,8-9H2,1-4H3. The van der Waals surface area contributed by atoms with E-state index >= 15 is 0 Å². The summed E-state index contributed by atoms with van der Waals surface area (Å²) in [6, 6.07) is 5.30. The SMILES string of the molecule is Cc1nn(Cc2ccc(Cl)c(F)c2)c(C)c1CNC(C)C. The highest BCUT2D eigenvalue weighted by Gasteiger charge is 2.12. The quantitative estimate of drug-likeness (QED) is 0.909. The van der Waals surface area contributed by atoms with Crippen molar-refractivity contribution in [2.75, 3.05) is 0 Å². The number of nitrogens with zero attached hydrogens (tertiary/aromatic N) is 2. The van der Waals surface area contributed by atoms with Gasteiger partial charge >= 0.3 is 0 Å². The molecule has 0 aliphatic carbocycles. The van der Waals surface area contributed by atoms with Crippen molar-refractivity contribution in [3.63, 3.8) is 0 Å². The molecule has 2 rings (SSSR count). The first-order valence-corrected chi connectivity index (χ1v) is 7.46. The molecular weight excluding hydrogens is 289 g/mol. The largest absolute Gasteiger partial charge is 0.310 e. The van der Waals surface area contributed by atoms with Gasteiger partial charge in [-0.3, -0.25) is 4.68 Å². The van der Waals surface area contributed by atoms with Crippen LogP contribution in [0.25, 0.3) is 0 Å². The third-order valence-corrected chi connectivity index (χ3v) is 3.84. The van der Waals surface area contributed by atoms with E-state index in [0.717, 1.165) is 23.5 Å². The lowest BCUT2D eigenvalue weighted by Gasteiger charge is -2.09. The number of benzene rings is 1. The molecule has 1 N–H and O–H groups in total. The number of aromatic nitrogens is 2. The summed E-state index contributed by atoms with van der Waals surface area (Å²) in [6.45, 7) is 9.62. The van der Waals surface area contributed by atoms with E-state index in [0.29, 0.717) is 12.6 Å². The lowest BCUT2D eigenvalue weighted by molar-refractivity contribution is 0.584. The third kappa shape index (κ3) is 3.83. The zero-order chi connectivity index (χ0) is 15.6. The summed E-state index contributed by atoms with van der Waals surface area (Å²) in [5.41, 5.74) is 4.18. The van der Waals surface area contributed by atoms with Crippen LogP contribution in [0.4, 0.5) is 4.39 Å². The monoisotopic (exact) mass is 309 g/mol. The summed E-state index contributed by atoms with van der Waals surface area (Å²) in [6.07, 6.45) is 0. The fraction of sp³-hybridized carbons (Fsp3) is 0.438. The Hall–Kier alpha value is -1.39. The maximum absolute atomic E-state index is 13.5. The fourth-order valence-corrected chi connectivity index (χ4v) is 2.38. The Bertz CT molecular complexity index is 635. The molecule has 0 radical (unpaired) electrons. The van der Waals surface area contributed by atoms with Crippen molar-refractivity contribution >= 4 is 11.6 Å². The Balaban J connectivity index is 2.20. The van der Waals surface area contributed by atoms with Gasteiger partial charge in [-0.25, -0.2) is 4.39 Å². The van der Waals surface area contributed by atoms with Gasteiger partial charge in [-0.2, -0.15) is 5.10 Å². The highest BCUT2D eigenvalue weighted by molar-refractivity contribution is 6.30. The van der Waals surface area contributed by atoms with Crippen LogP contribution in [-0.2, 0) is 13.1 Å². The molecule has 21 heavy (non-hydrogen) atoms. The van der Waals surface area contributed by atoms with E-state index in [2.05, 4.69) is 24.3 Å². The molecular formula is C16H21ClFN3. The zero-order valence-corrected chi connectivity index (χ0v) is 13.6. The average Bonchev–Trinajstić information content (AvgIpc) is 2.67. The molecule has 0 saturated heterocycles. The zero-order valence-electron chi connectivity index (χ0n) is 12.9. The van der Waals surface area contributed by atoms with Gasteiger partial charge in [-0.15, -0.1) is 0 Å². The molecule has 114 valence electrons. The number of hydrogen-bond acceptors (Lipinski definition) is 2. The summed E-state index contributed by atoms with van der Waals surface area (Å²) in [4.78, 5) is 0. The van der Waals surface area contributed by atoms with Gasteiger partial charge in [0.2, 0.25) is 0 Å². The molecule has 0 saturated carbocycles. The van der Waals surface area contributed by atoms with E-state index in [9.17, 15) is 4.39 Å². The first kappa shape index (κ1) is 16.0. The summed E-state index contributed by atoms with van der Waals surface area (Å²) in [5, 5.41) is 8.11. The molecule has 1 aromatic carbocycles. The second-order valence-electron chi connectivity index (χ2n) is 5.59. The lowest BCUT2D eigenvalue weighted by Crippen LogP contribution is -2.22. The minimum absolute atomic E-state index is 0.147. The van der Waals surface area contributed by atoms with E-state index in [1.54, 1.807) is 6.07 Å². The van der Waals surface area contributed by atoms with Crippen LogP contribution < -0.4 is 5.32 Å². The minimum atomic E-state index is -0.391. The van der Waals surface area contributed by atoms with Crippen molar-refractivity contribution in [1.29, 1.82) is 0 Å². The second-order valence-corrected chi connectivity index (χ2v) is 6.00. The van der Waals surface area contributed by atoms with Crippen LogP contribution in [0.15, 0.2) is 18.2 Å². The molecule has 0 bridgehead atoms. The third-order valence-electron chi connectivity index (χ3n) is 3.53. The van der Waals surface area contributed by atoms with Gasteiger partial charge in [0, 0.05) is 23.8 Å². The maximum atomic E-state index is 13.5. The van der Waals surface area contributed by atoms with Crippen molar-refractivity contribution in [1.82, 2.24) is 15.1 Å². The van der Waals surface area contributed by atoms with Gasteiger partial charge in [-0.1, -0.05) is 31.5 Å². The molecule has 1 aromatic heterocycles. The van der Waals surface area contributed by atoms with Crippen LogP contribution >= 0.6 is 11.6 Å². The van der Waals surface area contributed by atoms with Crippen LogP contribution in [-0.4, -0.2) is 15.8 Å². The van der Waals surface area contributed by atoms with Crippen molar-refractivity contribution in [3.8, 4) is 0 Å². The summed E-state index contributed by atoms with van der Waals surface area (Å²) in [5.74, 6) is -0.391. The number of aryl methyl sites for hydroxylation is 1. The fourth-order valence-electron chi connectivity index (χ4n) is 2.26. The smallest absolute Gasteiger partial charge is 0.142 e. The predicted molar refractivity (Wildman–Crippen MR) is 84.2 cm³/mol. The molecule has 0 unspecified atom stereocenters. The normalized spacial score (nSPS) is 11.4. The van der Waals surface area contributed by atoms with Crippen LogP contribution in [0, 0.1) is 19.7 Å². The number of rotatable bonds is 5. The van der Waals surface area contributed by atoms with Crippen LogP contribution in [0.5, 0.6) is 0 Å². The first-order chi connectivity index (χ1) is 9.88. The average molecular weight is 310 g/mol. The van der Waals surface area contributed by atoms with E-state index < -0.39 is 5.82 Å². The molecule has 0 amide bonds. The van der Waals surface area contributed by atoms with Gasteiger partial charge in [0.1, 0.15) is 5.82 Å². The lowest BCUT2D eigenvalue weighted by atomic mass is 10.2. The Morgan fingerprint density at radius 2 is 2.05 bits per heavy atom. The Morgan fingerprint density at radius 3 is 2.67 bits per heavy atom. The van der Waals surface area contributed by atoms with Crippen LogP contribution in [0.2, 0.25) is 5.02 Å². The molecule has 0 fully saturated rings. The van der Waals surface area contributed by atoms with Gasteiger partial charge in [-0.05, 0) is 31.5 Å². The molecule has 1 heterocycles. The van der Waals surface area contributed by atoms with Gasteiger partial charge in [0.25, 0.3) is 0 Å². The van der Waals surface area contributed by atoms with Crippen molar-refractivity contribution < 1.29 is 4.39 Å². The Kier molecular flexibility index (Phi) is 5.01. The Morgan fingerprint density at radius 1 is 1.33 bits per heavy atom. The minimum Gasteiger partial charge on any atom is -0.310 e. The predicted octanol–water partition coefficient (Wildman–Crippen LogP) is 3.84.